The Bertz CT molecular complexity index is 939. The summed E-state index contributed by atoms with van der Waals surface area (Å²) >= 11 is 0. The molecule has 1 aliphatic heterocycles. The summed E-state index contributed by atoms with van der Waals surface area (Å²) in [6.07, 6.45) is 6.31. The zero-order valence-electron chi connectivity index (χ0n) is 14.7. The summed E-state index contributed by atoms with van der Waals surface area (Å²) in [5, 5.41) is 13.6. The van der Waals surface area contributed by atoms with Crippen LogP contribution < -0.4 is 0 Å². The molecule has 2 aromatic heterocycles. The summed E-state index contributed by atoms with van der Waals surface area (Å²) in [7, 11) is 0. The van der Waals surface area contributed by atoms with Crippen molar-refractivity contribution in [3.05, 3.63) is 66.6 Å². The Morgan fingerprint density at radius 2 is 1.67 bits per heavy atom. The van der Waals surface area contributed by atoms with Crippen molar-refractivity contribution in [1.29, 1.82) is 0 Å². The van der Waals surface area contributed by atoms with Gasteiger partial charge in [-0.2, -0.15) is 5.10 Å². The van der Waals surface area contributed by atoms with Crippen LogP contribution in [-0.2, 0) is 4.79 Å². The minimum Gasteiger partial charge on any atom is -0.481 e. The van der Waals surface area contributed by atoms with Gasteiger partial charge in [0.2, 0.25) is 0 Å². The first-order valence-corrected chi connectivity index (χ1v) is 8.94. The highest BCUT2D eigenvalue weighted by molar-refractivity contribution is 5.97. The van der Waals surface area contributed by atoms with Gasteiger partial charge in [-0.05, 0) is 37.1 Å². The molecule has 0 unspecified atom stereocenters. The summed E-state index contributed by atoms with van der Waals surface area (Å²) in [4.78, 5) is 26.0. The quantitative estimate of drug-likeness (QED) is 0.772. The standard InChI is InChI=1S/C20H20N4O3/c25-19(23-12-8-15(9-13-23)20(26)27)17-14-21-24(16-6-2-1-3-7-16)18(17)22-10-4-5-11-22/h1-7,10-11,14-15H,8-9,12-13H2,(H,26,27). The molecule has 0 saturated carbocycles. The molecule has 3 aromatic rings. The fourth-order valence-corrected chi connectivity index (χ4v) is 3.48. The van der Waals surface area contributed by atoms with Gasteiger partial charge in [0.05, 0.1) is 17.8 Å². The van der Waals surface area contributed by atoms with E-state index in [1.165, 1.54) is 0 Å². The Balaban J connectivity index is 1.68. The Hall–Kier alpha value is -3.35. The predicted octanol–water partition coefficient (Wildman–Crippen LogP) is 2.60. The molecule has 3 heterocycles. The molecule has 1 N–H and O–H groups in total. The van der Waals surface area contributed by atoms with Crippen molar-refractivity contribution >= 4 is 11.9 Å². The lowest BCUT2D eigenvalue weighted by Gasteiger charge is -2.30. The van der Waals surface area contributed by atoms with Crippen LogP contribution in [0.3, 0.4) is 0 Å². The van der Waals surface area contributed by atoms with Crippen LogP contribution in [0.15, 0.2) is 61.1 Å². The minimum atomic E-state index is -0.785. The monoisotopic (exact) mass is 364 g/mol. The smallest absolute Gasteiger partial charge is 0.306 e. The normalized spacial score (nSPS) is 15.0. The number of carbonyl (C=O) groups is 2. The highest BCUT2D eigenvalue weighted by Crippen LogP contribution is 2.24. The third-order valence-corrected chi connectivity index (χ3v) is 4.96. The van der Waals surface area contributed by atoms with E-state index in [0.717, 1.165) is 5.69 Å². The van der Waals surface area contributed by atoms with Crippen LogP contribution in [-0.4, -0.2) is 49.3 Å². The Morgan fingerprint density at radius 3 is 2.30 bits per heavy atom. The first-order chi connectivity index (χ1) is 13.1. The van der Waals surface area contributed by atoms with E-state index in [2.05, 4.69) is 5.10 Å². The van der Waals surface area contributed by atoms with Crippen LogP contribution in [0.5, 0.6) is 0 Å². The average molecular weight is 364 g/mol. The number of nitrogens with zero attached hydrogens (tertiary/aromatic N) is 4. The maximum atomic E-state index is 13.1. The molecule has 0 radical (unpaired) electrons. The van der Waals surface area contributed by atoms with Crippen LogP contribution in [0.1, 0.15) is 23.2 Å². The van der Waals surface area contributed by atoms with Crippen molar-refractivity contribution in [2.24, 2.45) is 5.92 Å². The molecule has 1 saturated heterocycles. The molecule has 0 bridgehead atoms. The fourth-order valence-electron chi connectivity index (χ4n) is 3.48. The van der Waals surface area contributed by atoms with Crippen molar-refractivity contribution in [2.75, 3.05) is 13.1 Å². The van der Waals surface area contributed by atoms with Gasteiger partial charge >= 0.3 is 5.97 Å². The van der Waals surface area contributed by atoms with Crippen molar-refractivity contribution in [3.8, 4) is 11.5 Å². The number of rotatable bonds is 4. The Kier molecular flexibility index (Phi) is 4.50. The van der Waals surface area contributed by atoms with Gasteiger partial charge in [-0.1, -0.05) is 18.2 Å². The summed E-state index contributed by atoms with van der Waals surface area (Å²) < 4.78 is 3.62. The van der Waals surface area contributed by atoms with E-state index in [-0.39, 0.29) is 11.8 Å². The van der Waals surface area contributed by atoms with Gasteiger partial charge in [-0.15, -0.1) is 0 Å². The molecule has 1 aliphatic rings. The molecule has 1 amide bonds. The maximum Gasteiger partial charge on any atom is 0.306 e. The number of likely N-dealkylation sites (tertiary alicyclic amines) is 1. The summed E-state index contributed by atoms with van der Waals surface area (Å²) in [5.41, 5.74) is 1.37. The largest absolute Gasteiger partial charge is 0.481 e. The third-order valence-electron chi connectivity index (χ3n) is 4.96. The Morgan fingerprint density at radius 1 is 1.00 bits per heavy atom. The van der Waals surface area contributed by atoms with Gasteiger partial charge in [0.15, 0.2) is 5.82 Å². The molecule has 27 heavy (non-hydrogen) atoms. The van der Waals surface area contributed by atoms with E-state index >= 15 is 0 Å². The summed E-state index contributed by atoms with van der Waals surface area (Å²) in [6.45, 7) is 0.884. The average Bonchev–Trinajstić information content (AvgIpc) is 3.37. The second kappa shape index (κ2) is 7.11. The van der Waals surface area contributed by atoms with E-state index < -0.39 is 5.97 Å². The van der Waals surface area contributed by atoms with Gasteiger partial charge in [0, 0.05) is 25.5 Å². The number of carboxylic acids is 1. The predicted molar refractivity (Wildman–Crippen MR) is 99.2 cm³/mol. The molecule has 7 heteroatoms. The van der Waals surface area contributed by atoms with E-state index in [4.69, 9.17) is 5.11 Å². The molecule has 0 atom stereocenters. The molecule has 0 spiro atoms. The van der Waals surface area contributed by atoms with Gasteiger partial charge in [0.25, 0.3) is 5.91 Å². The van der Waals surface area contributed by atoms with Crippen LogP contribution in [0.25, 0.3) is 11.5 Å². The van der Waals surface area contributed by atoms with E-state index in [0.29, 0.717) is 37.3 Å². The van der Waals surface area contributed by atoms with Crippen molar-refractivity contribution in [3.63, 3.8) is 0 Å². The molecular weight excluding hydrogens is 344 g/mol. The number of amides is 1. The molecule has 1 aromatic carbocycles. The molecule has 138 valence electrons. The molecule has 0 aliphatic carbocycles. The number of para-hydroxylation sites is 1. The number of carboxylic acid groups (broad SMARTS) is 1. The molecule has 7 nitrogen and oxygen atoms in total. The number of hydrogen-bond acceptors (Lipinski definition) is 3. The van der Waals surface area contributed by atoms with Crippen LogP contribution >= 0.6 is 0 Å². The van der Waals surface area contributed by atoms with Crippen molar-refractivity contribution in [2.45, 2.75) is 12.8 Å². The SMILES string of the molecule is O=C(O)C1CCN(C(=O)c2cnn(-c3ccccc3)c2-n2cccc2)CC1. The number of benzene rings is 1. The van der Waals surface area contributed by atoms with Crippen molar-refractivity contribution < 1.29 is 14.7 Å². The number of carbonyl (C=O) groups excluding carboxylic acids is 1. The summed E-state index contributed by atoms with van der Waals surface area (Å²) in [5.74, 6) is -0.599. The second-order valence-corrected chi connectivity index (χ2v) is 6.62. The van der Waals surface area contributed by atoms with Crippen LogP contribution in [0.2, 0.25) is 0 Å². The van der Waals surface area contributed by atoms with E-state index in [9.17, 15) is 9.59 Å². The van der Waals surface area contributed by atoms with Gasteiger partial charge < -0.3 is 14.6 Å². The Labute approximate surface area is 156 Å². The highest BCUT2D eigenvalue weighted by atomic mass is 16.4. The zero-order valence-corrected chi connectivity index (χ0v) is 14.7. The fraction of sp³-hybridized carbons (Fsp3) is 0.250. The first-order valence-electron chi connectivity index (χ1n) is 8.94. The lowest BCUT2D eigenvalue weighted by atomic mass is 9.97. The molecule has 1 fully saturated rings. The van der Waals surface area contributed by atoms with Gasteiger partial charge in [0.1, 0.15) is 5.56 Å². The number of piperidine rings is 1. The minimum absolute atomic E-state index is 0.121. The van der Waals surface area contributed by atoms with Crippen LogP contribution in [0, 0.1) is 5.92 Å². The zero-order chi connectivity index (χ0) is 18.8. The first kappa shape index (κ1) is 17.1. The summed E-state index contributed by atoms with van der Waals surface area (Å²) in [6, 6.07) is 13.5. The van der Waals surface area contributed by atoms with Gasteiger partial charge in [-0.25, -0.2) is 4.68 Å². The number of aromatic nitrogens is 3. The maximum absolute atomic E-state index is 13.1. The topological polar surface area (TPSA) is 80.4 Å². The third kappa shape index (κ3) is 3.23. The van der Waals surface area contributed by atoms with Gasteiger partial charge in [-0.3, -0.25) is 9.59 Å². The highest BCUT2D eigenvalue weighted by Gasteiger charge is 2.30. The lowest BCUT2D eigenvalue weighted by molar-refractivity contribution is -0.143. The van der Waals surface area contributed by atoms with E-state index in [1.807, 2.05) is 59.4 Å². The number of hydrogen-bond donors (Lipinski definition) is 1. The lowest BCUT2D eigenvalue weighted by Crippen LogP contribution is -2.40. The molecule has 4 rings (SSSR count). The molecular formula is C20H20N4O3. The van der Waals surface area contributed by atoms with Crippen LogP contribution in [0.4, 0.5) is 0 Å². The number of aliphatic carboxylic acids is 1. The van der Waals surface area contributed by atoms with E-state index in [1.54, 1.807) is 15.8 Å². The second-order valence-electron chi connectivity index (χ2n) is 6.62. The van der Waals surface area contributed by atoms with Crippen molar-refractivity contribution in [1.82, 2.24) is 19.2 Å².